The summed E-state index contributed by atoms with van der Waals surface area (Å²) in [5.41, 5.74) is 10.5. The number of aromatic nitrogens is 2. The number of carbonyl (C=O) groups is 1. The zero-order valence-electron chi connectivity index (χ0n) is 14.6. The predicted octanol–water partition coefficient (Wildman–Crippen LogP) is 5.06. The molecule has 3 rings (SSSR count). The number of carbonyl (C=O) groups excluding carboxylic acids is 1. The van der Waals surface area contributed by atoms with Crippen molar-refractivity contribution in [1.29, 1.82) is 0 Å². The van der Waals surface area contributed by atoms with E-state index >= 15 is 0 Å². The highest BCUT2D eigenvalue weighted by Gasteiger charge is 2.16. The molecule has 3 N–H and O–H groups in total. The molecule has 0 aliphatic rings. The summed E-state index contributed by atoms with van der Waals surface area (Å²) in [6.07, 6.45) is 0. The Morgan fingerprint density at radius 3 is 2.46 bits per heavy atom. The van der Waals surface area contributed by atoms with E-state index in [9.17, 15) is 4.79 Å². The number of halogens is 2. The van der Waals surface area contributed by atoms with E-state index in [1.54, 1.807) is 23.5 Å². The SMILES string of the molecule is Cc1nc(-c2cc(C)n(CC(=O)Nc3cc(Cl)c(N)c(Cl)c3)c2C)cs1. The van der Waals surface area contributed by atoms with Crippen LogP contribution in [0.4, 0.5) is 11.4 Å². The first-order valence-electron chi connectivity index (χ1n) is 7.90. The lowest BCUT2D eigenvalue weighted by Gasteiger charge is -2.12. The van der Waals surface area contributed by atoms with Crippen molar-refractivity contribution in [3.05, 3.63) is 50.0 Å². The Bertz CT molecular complexity index is 970. The number of benzene rings is 1. The Morgan fingerprint density at radius 1 is 1.23 bits per heavy atom. The van der Waals surface area contributed by atoms with Gasteiger partial charge in [0.2, 0.25) is 5.91 Å². The average Bonchev–Trinajstić information content (AvgIpc) is 3.11. The maximum absolute atomic E-state index is 12.5. The summed E-state index contributed by atoms with van der Waals surface area (Å²) < 4.78 is 1.96. The minimum absolute atomic E-state index is 0.176. The van der Waals surface area contributed by atoms with E-state index in [-0.39, 0.29) is 12.5 Å². The second kappa shape index (κ2) is 7.31. The molecule has 0 aliphatic heterocycles. The smallest absolute Gasteiger partial charge is 0.244 e. The number of rotatable bonds is 4. The van der Waals surface area contributed by atoms with Crippen LogP contribution in [-0.4, -0.2) is 15.5 Å². The first-order chi connectivity index (χ1) is 12.3. The molecule has 5 nitrogen and oxygen atoms in total. The average molecular weight is 409 g/mol. The van der Waals surface area contributed by atoms with Crippen molar-refractivity contribution in [3.8, 4) is 11.3 Å². The summed E-state index contributed by atoms with van der Waals surface area (Å²) in [6, 6.07) is 5.22. The lowest BCUT2D eigenvalue weighted by atomic mass is 10.2. The van der Waals surface area contributed by atoms with Gasteiger partial charge in [0.15, 0.2) is 0 Å². The van der Waals surface area contributed by atoms with Gasteiger partial charge in [0, 0.05) is 28.0 Å². The number of nitrogens with one attached hydrogen (secondary N) is 1. The van der Waals surface area contributed by atoms with E-state index in [0.29, 0.717) is 21.4 Å². The van der Waals surface area contributed by atoms with Crippen LogP contribution in [0.5, 0.6) is 0 Å². The summed E-state index contributed by atoms with van der Waals surface area (Å²) in [6.45, 7) is 6.12. The number of hydrogen-bond acceptors (Lipinski definition) is 4. The maximum atomic E-state index is 12.5. The van der Waals surface area contributed by atoms with Gasteiger partial charge in [0.25, 0.3) is 0 Å². The van der Waals surface area contributed by atoms with E-state index in [2.05, 4.69) is 10.3 Å². The summed E-state index contributed by atoms with van der Waals surface area (Å²) in [7, 11) is 0. The van der Waals surface area contributed by atoms with Gasteiger partial charge in [-0.05, 0) is 39.0 Å². The fraction of sp³-hybridized carbons (Fsp3) is 0.222. The minimum Gasteiger partial charge on any atom is -0.396 e. The Kier molecular flexibility index (Phi) is 5.27. The van der Waals surface area contributed by atoms with Crippen LogP contribution in [0.1, 0.15) is 16.4 Å². The van der Waals surface area contributed by atoms with E-state index < -0.39 is 0 Å². The van der Waals surface area contributed by atoms with Gasteiger partial charge in [-0.3, -0.25) is 4.79 Å². The van der Waals surface area contributed by atoms with Gasteiger partial charge >= 0.3 is 0 Å². The van der Waals surface area contributed by atoms with Gasteiger partial charge in [-0.2, -0.15) is 0 Å². The van der Waals surface area contributed by atoms with E-state index in [1.807, 2.05) is 36.8 Å². The van der Waals surface area contributed by atoms with Gasteiger partial charge in [0.05, 0.1) is 26.4 Å². The van der Waals surface area contributed by atoms with Crippen LogP contribution in [0, 0.1) is 20.8 Å². The van der Waals surface area contributed by atoms with Crippen molar-refractivity contribution >= 4 is 51.8 Å². The van der Waals surface area contributed by atoms with Crippen LogP contribution in [0.2, 0.25) is 10.0 Å². The molecule has 136 valence electrons. The fourth-order valence-corrected chi connectivity index (χ4v) is 3.89. The number of hydrogen-bond donors (Lipinski definition) is 2. The third-order valence-electron chi connectivity index (χ3n) is 4.13. The monoisotopic (exact) mass is 408 g/mol. The molecule has 1 amide bonds. The molecule has 0 unspecified atom stereocenters. The number of aryl methyl sites for hydroxylation is 2. The van der Waals surface area contributed by atoms with Crippen LogP contribution in [0.3, 0.4) is 0 Å². The molecule has 0 radical (unpaired) electrons. The highest BCUT2D eigenvalue weighted by molar-refractivity contribution is 7.09. The Hall–Kier alpha value is -2.02. The van der Waals surface area contributed by atoms with E-state index in [4.69, 9.17) is 28.9 Å². The second-order valence-corrected chi connectivity index (χ2v) is 7.90. The quantitative estimate of drug-likeness (QED) is 0.592. The van der Waals surface area contributed by atoms with Crippen LogP contribution in [-0.2, 0) is 11.3 Å². The maximum Gasteiger partial charge on any atom is 0.244 e. The predicted molar refractivity (Wildman–Crippen MR) is 109 cm³/mol. The molecule has 0 saturated heterocycles. The van der Waals surface area contributed by atoms with Crippen LogP contribution in [0.15, 0.2) is 23.6 Å². The molecular weight excluding hydrogens is 391 g/mol. The number of amides is 1. The number of nitrogens with two attached hydrogens (primary N) is 1. The number of anilines is 2. The zero-order valence-corrected chi connectivity index (χ0v) is 16.9. The third kappa shape index (κ3) is 3.72. The zero-order chi connectivity index (χ0) is 19.0. The molecule has 0 atom stereocenters. The lowest BCUT2D eigenvalue weighted by Crippen LogP contribution is -2.20. The van der Waals surface area contributed by atoms with E-state index in [0.717, 1.165) is 27.7 Å². The van der Waals surface area contributed by atoms with Crippen molar-refractivity contribution < 1.29 is 4.79 Å². The molecule has 2 heterocycles. The third-order valence-corrected chi connectivity index (χ3v) is 5.53. The van der Waals surface area contributed by atoms with Crippen molar-refractivity contribution in [1.82, 2.24) is 9.55 Å². The largest absolute Gasteiger partial charge is 0.396 e. The molecule has 26 heavy (non-hydrogen) atoms. The van der Waals surface area contributed by atoms with Crippen LogP contribution in [0.25, 0.3) is 11.3 Å². The lowest BCUT2D eigenvalue weighted by molar-refractivity contribution is -0.116. The van der Waals surface area contributed by atoms with Gasteiger partial charge in [0.1, 0.15) is 6.54 Å². The van der Waals surface area contributed by atoms with Crippen molar-refractivity contribution in [2.24, 2.45) is 0 Å². The van der Waals surface area contributed by atoms with Crippen molar-refractivity contribution in [2.45, 2.75) is 27.3 Å². The highest BCUT2D eigenvalue weighted by atomic mass is 35.5. The summed E-state index contributed by atoms with van der Waals surface area (Å²) in [5.74, 6) is -0.176. The summed E-state index contributed by atoms with van der Waals surface area (Å²) in [5, 5.41) is 6.47. The molecule has 0 fully saturated rings. The fourth-order valence-electron chi connectivity index (χ4n) is 2.79. The molecule has 0 spiro atoms. The molecule has 2 aromatic heterocycles. The van der Waals surface area contributed by atoms with Crippen LogP contribution < -0.4 is 11.1 Å². The van der Waals surface area contributed by atoms with Crippen LogP contribution >= 0.6 is 34.5 Å². The first-order valence-corrected chi connectivity index (χ1v) is 9.53. The second-order valence-electron chi connectivity index (χ2n) is 6.02. The number of thiazole rings is 1. The van der Waals surface area contributed by atoms with Gasteiger partial charge in [-0.1, -0.05) is 23.2 Å². The van der Waals surface area contributed by atoms with Gasteiger partial charge in [-0.15, -0.1) is 11.3 Å². The number of nitrogen functional groups attached to an aromatic ring is 1. The highest BCUT2D eigenvalue weighted by Crippen LogP contribution is 2.31. The Morgan fingerprint density at radius 2 is 1.88 bits per heavy atom. The summed E-state index contributed by atoms with van der Waals surface area (Å²) >= 11 is 13.6. The Labute approximate surface area is 165 Å². The topological polar surface area (TPSA) is 72.9 Å². The van der Waals surface area contributed by atoms with Crippen molar-refractivity contribution in [3.63, 3.8) is 0 Å². The van der Waals surface area contributed by atoms with Gasteiger partial charge in [-0.25, -0.2) is 4.98 Å². The standard InChI is InChI=1S/C18H18Cl2N4OS/c1-9-4-13(16-8-26-11(3)22-16)10(2)24(9)7-17(25)23-12-5-14(19)18(21)15(20)6-12/h4-6,8H,7,21H2,1-3H3,(H,23,25). The first kappa shape index (κ1) is 18.8. The van der Waals surface area contributed by atoms with Crippen molar-refractivity contribution in [2.75, 3.05) is 11.1 Å². The molecule has 0 aliphatic carbocycles. The molecule has 0 bridgehead atoms. The molecule has 8 heteroatoms. The summed E-state index contributed by atoms with van der Waals surface area (Å²) in [4.78, 5) is 17.0. The minimum atomic E-state index is -0.176. The normalized spacial score (nSPS) is 11.0. The molecule has 0 saturated carbocycles. The van der Waals surface area contributed by atoms with Gasteiger partial charge < -0.3 is 15.6 Å². The Balaban J connectivity index is 1.81. The molecular formula is C18H18Cl2N4OS. The van der Waals surface area contributed by atoms with E-state index in [1.165, 1.54) is 0 Å². The molecule has 1 aromatic carbocycles. The molecule has 3 aromatic rings. The number of nitrogens with zero attached hydrogens (tertiary/aromatic N) is 2.